The Balaban J connectivity index is 1.81. The molecule has 72 valence electrons. The van der Waals surface area contributed by atoms with E-state index in [1.807, 2.05) is 0 Å². The summed E-state index contributed by atoms with van der Waals surface area (Å²) >= 11 is 0. The molecule has 12 heavy (non-hydrogen) atoms. The molecule has 0 atom stereocenters. The topological polar surface area (TPSA) is 32.3 Å². The third-order valence-electron chi connectivity index (χ3n) is 2.62. The molecule has 0 aromatic rings. The molecule has 0 amide bonds. The number of nitrogens with one attached hydrogen (secondary N) is 1. The van der Waals surface area contributed by atoms with Gasteiger partial charge >= 0.3 is 0 Å². The minimum Gasteiger partial charge on any atom is -0.396 e. The summed E-state index contributed by atoms with van der Waals surface area (Å²) in [6.45, 7) is 1.49. The van der Waals surface area contributed by atoms with Gasteiger partial charge in [0.15, 0.2) is 0 Å². The van der Waals surface area contributed by atoms with Gasteiger partial charge < -0.3 is 10.4 Å². The molecule has 0 saturated heterocycles. The van der Waals surface area contributed by atoms with Crippen LogP contribution in [0.1, 0.15) is 44.9 Å². The lowest BCUT2D eigenvalue weighted by atomic mass is 10.2. The van der Waals surface area contributed by atoms with Crippen LogP contribution >= 0.6 is 0 Å². The monoisotopic (exact) mass is 171 g/mol. The first kappa shape index (κ1) is 10.0. The van der Waals surface area contributed by atoms with Gasteiger partial charge in [-0.2, -0.15) is 0 Å². The van der Waals surface area contributed by atoms with Crippen LogP contribution in [0.4, 0.5) is 0 Å². The van der Waals surface area contributed by atoms with Crippen LogP contribution in [0, 0.1) is 0 Å². The van der Waals surface area contributed by atoms with Gasteiger partial charge in [0.1, 0.15) is 0 Å². The number of hydrogen-bond acceptors (Lipinski definition) is 2. The highest BCUT2D eigenvalue weighted by molar-refractivity contribution is 4.72. The van der Waals surface area contributed by atoms with Gasteiger partial charge in [0.05, 0.1) is 0 Å². The minimum atomic E-state index is 0.351. The van der Waals surface area contributed by atoms with E-state index in [4.69, 9.17) is 5.11 Å². The standard InChI is InChI=1S/C10H21NO/c12-9-5-1-4-8-11-10-6-2-3-7-10/h10-12H,1-9H2. The third kappa shape index (κ3) is 4.07. The van der Waals surface area contributed by atoms with Gasteiger partial charge in [-0.25, -0.2) is 0 Å². The van der Waals surface area contributed by atoms with Crippen LogP contribution in [-0.4, -0.2) is 24.3 Å². The molecule has 0 bridgehead atoms. The van der Waals surface area contributed by atoms with Gasteiger partial charge in [0.2, 0.25) is 0 Å². The van der Waals surface area contributed by atoms with E-state index in [9.17, 15) is 0 Å². The first-order valence-corrected chi connectivity index (χ1v) is 5.27. The van der Waals surface area contributed by atoms with Crippen molar-refractivity contribution >= 4 is 0 Å². The number of hydrogen-bond donors (Lipinski definition) is 2. The molecular formula is C10H21NO. The molecule has 0 spiro atoms. The first-order valence-electron chi connectivity index (χ1n) is 5.27. The molecule has 1 aliphatic carbocycles. The molecule has 1 rings (SSSR count). The smallest absolute Gasteiger partial charge is 0.0431 e. The van der Waals surface area contributed by atoms with Crippen LogP contribution in [0.2, 0.25) is 0 Å². The van der Waals surface area contributed by atoms with E-state index in [-0.39, 0.29) is 0 Å². The molecule has 0 unspecified atom stereocenters. The van der Waals surface area contributed by atoms with Gasteiger partial charge in [-0.3, -0.25) is 0 Å². The SMILES string of the molecule is OCCCCCNC1CCCC1. The van der Waals surface area contributed by atoms with Gasteiger partial charge in [-0.15, -0.1) is 0 Å². The van der Waals surface area contributed by atoms with Crippen LogP contribution in [0.15, 0.2) is 0 Å². The predicted octanol–water partition coefficient (Wildman–Crippen LogP) is 1.68. The summed E-state index contributed by atoms with van der Waals surface area (Å²) in [6.07, 6.45) is 8.92. The molecule has 0 aliphatic heterocycles. The lowest BCUT2D eigenvalue weighted by Crippen LogP contribution is -2.26. The average Bonchev–Trinajstić information content (AvgIpc) is 2.57. The second-order valence-corrected chi connectivity index (χ2v) is 3.72. The van der Waals surface area contributed by atoms with Gasteiger partial charge in [0.25, 0.3) is 0 Å². The van der Waals surface area contributed by atoms with E-state index < -0.39 is 0 Å². The highest BCUT2D eigenvalue weighted by Crippen LogP contribution is 2.17. The van der Waals surface area contributed by atoms with Gasteiger partial charge in [-0.05, 0) is 38.6 Å². The molecule has 0 heterocycles. The van der Waals surface area contributed by atoms with Crippen LogP contribution in [0.25, 0.3) is 0 Å². The predicted molar refractivity (Wildman–Crippen MR) is 51.2 cm³/mol. The highest BCUT2D eigenvalue weighted by atomic mass is 16.2. The number of aliphatic hydroxyl groups excluding tert-OH is 1. The van der Waals surface area contributed by atoms with Crippen molar-refractivity contribution in [2.75, 3.05) is 13.2 Å². The molecule has 2 N–H and O–H groups in total. The number of rotatable bonds is 6. The van der Waals surface area contributed by atoms with Crippen molar-refractivity contribution in [3.8, 4) is 0 Å². The van der Waals surface area contributed by atoms with Crippen molar-refractivity contribution in [3.05, 3.63) is 0 Å². The Labute approximate surface area is 75.4 Å². The average molecular weight is 171 g/mol. The zero-order valence-electron chi connectivity index (χ0n) is 7.89. The Kier molecular flexibility index (Phi) is 5.37. The van der Waals surface area contributed by atoms with Crippen molar-refractivity contribution in [1.29, 1.82) is 0 Å². The summed E-state index contributed by atoms with van der Waals surface area (Å²) in [4.78, 5) is 0. The Hall–Kier alpha value is -0.0800. The quantitative estimate of drug-likeness (QED) is 0.596. The maximum atomic E-state index is 8.56. The van der Waals surface area contributed by atoms with Crippen LogP contribution in [-0.2, 0) is 0 Å². The normalized spacial score (nSPS) is 18.8. The van der Waals surface area contributed by atoms with Crippen LogP contribution < -0.4 is 5.32 Å². The van der Waals surface area contributed by atoms with Crippen molar-refractivity contribution < 1.29 is 5.11 Å². The second kappa shape index (κ2) is 6.44. The zero-order chi connectivity index (χ0) is 8.65. The molecule has 0 aromatic carbocycles. The molecule has 0 aromatic heterocycles. The van der Waals surface area contributed by atoms with E-state index in [1.54, 1.807) is 0 Å². The third-order valence-corrected chi connectivity index (χ3v) is 2.62. The Morgan fingerprint density at radius 3 is 2.50 bits per heavy atom. The van der Waals surface area contributed by atoms with Crippen LogP contribution in [0.5, 0.6) is 0 Å². The summed E-state index contributed by atoms with van der Waals surface area (Å²) in [5.41, 5.74) is 0. The maximum Gasteiger partial charge on any atom is 0.0431 e. The fourth-order valence-corrected chi connectivity index (χ4v) is 1.85. The summed E-state index contributed by atoms with van der Waals surface area (Å²) in [7, 11) is 0. The zero-order valence-corrected chi connectivity index (χ0v) is 7.89. The minimum absolute atomic E-state index is 0.351. The summed E-state index contributed by atoms with van der Waals surface area (Å²) in [5.74, 6) is 0. The summed E-state index contributed by atoms with van der Waals surface area (Å²) in [6, 6.07) is 0.805. The highest BCUT2D eigenvalue weighted by Gasteiger charge is 2.12. The van der Waals surface area contributed by atoms with Crippen molar-refractivity contribution in [2.24, 2.45) is 0 Å². The summed E-state index contributed by atoms with van der Waals surface area (Å²) < 4.78 is 0. The molecule has 0 radical (unpaired) electrons. The second-order valence-electron chi connectivity index (χ2n) is 3.72. The van der Waals surface area contributed by atoms with Crippen molar-refractivity contribution in [1.82, 2.24) is 5.32 Å². The molecule has 1 saturated carbocycles. The molecule has 1 fully saturated rings. The molecule has 2 nitrogen and oxygen atoms in total. The van der Waals surface area contributed by atoms with Crippen molar-refractivity contribution in [3.63, 3.8) is 0 Å². The van der Waals surface area contributed by atoms with E-state index in [0.717, 1.165) is 25.4 Å². The largest absolute Gasteiger partial charge is 0.396 e. The number of aliphatic hydroxyl groups is 1. The fourth-order valence-electron chi connectivity index (χ4n) is 1.85. The van der Waals surface area contributed by atoms with Gasteiger partial charge in [0, 0.05) is 12.6 Å². The maximum absolute atomic E-state index is 8.56. The Morgan fingerprint density at radius 1 is 1.08 bits per heavy atom. The lowest BCUT2D eigenvalue weighted by Gasteiger charge is -2.10. The number of unbranched alkanes of at least 4 members (excludes halogenated alkanes) is 2. The van der Waals surface area contributed by atoms with E-state index in [0.29, 0.717) is 6.61 Å². The van der Waals surface area contributed by atoms with Crippen LogP contribution in [0.3, 0.4) is 0 Å². The van der Waals surface area contributed by atoms with E-state index in [2.05, 4.69) is 5.32 Å². The molecule has 2 heteroatoms. The van der Waals surface area contributed by atoms with E-state index in [1.165, 1.54) is 32.1 Å². The Bertz CT molecular complexity index is 100. The van der Waals surface area contributed by atoms with Crippen molar-refractivity contribution in [2.45, 2.75) is 51.0 Å². The molecule has 1 aliphatic rings. The lowest BCUT2D eigenvalue weighted by molar-refractivity contribution is 0.282. The summed E-state index contributed by atoms with van der Waals surface area (Å²) in [5, 5.41) is 12.1. The Morgan fingerprint density at radius 2 is 1.83 bits per heavy atom. The molecular weight excluding hydrogens is 150 g/mol. The first-order chi connectivity index (χ1) is 5.93. The van der Waals surface area contributed by atoms with E-state index >= 15 is 0 Å². The fraction of sp³-hybridized carbons (Fsp3) is 1.00. The van der Waals surface area contributed by atoms with Gasteiger partial charge in [-0.1, -0.05) is 12.8 Å².